The van der Waals surface area contributed by atoms with Crippen molar-refractivity contribution in [1.82, 2.24) is 5.32 Å². The summed E-state index contributed by atoms with van der Waals surface area (Å²) in [5.41, 5.74) is 6.01. The number of hydrogen-bond acceptors (Lipinski definition) is 5. The number of alkyl carbamates (subject to hydrolysis) is 1. The van der Waals surface area contributed by atoms with E-state index in [2.05, 4.69) is 54.0 Å². The number of benzene rings is 1. The van der Waals surface area contributed by atoms with E-state index in [1.54, 1.807) is 6.07 Å². The molecule has 0 atom stereocenters. The van der Waals surface area contributed by atoms with Crippen LogP contribution in [0.15, 0.2) is 18.2 Å². The molecule has 6 nitrogen and oxygen atoms in total. The molecule has 3 N–H and O–H groups in total. The summed E-state index contributed by atoms with van der Waals surface area (Å²) in [4.78, 5) is 10.5. The molecule has 11 heteroatoms. The summed E-state index contributed by atoms with van der Waals surface area (Å²) in [6, 6.07) is 5.57. The molecule has 142 valence electrons. The summed E-state index contributed by atoms with van der Waals surface area (Å²) >= 11 is 7.82. The SMILES string of the molecule is C.COC(=O)NC(C)(C)C.Nc1c(Cl)cccc1I.O=S(=O)(Cl)Cl. The van der Waals surface area contributed by atoms with Crippen LogP contribution in [0.2, 0.25) is 5.02 Å². The third-order valence-corrected chi connectivity index (χ3v) is 2.93. The fourth-order valence-corrected chi connectivity index (χ4v) is 1.70. The number of nitrogen functional groups attached to an aromatic ring is 1. The van der Waals surface area contributed by atoms with Gasteiger partial charge in [-0.1, -0.05) is 25.1 Å². The first-order chi connectivity index (χ1) is 10.2. The molecule has 0 aliphatic rings. The van der Waals surface area contributed by atoms with E-state index >= 15 is 0 Å². The van der Waals surface area contributed by atoms with Crippen molar-refractivity contribution in [2.24, 2.45) is 0 Å². The molecule has 0 aliphatic carbocycles. The number of ether oxygens (including phenoxy) is 1. The first-order valence-electron chi connectivity index (χ1n) is 5.87. The second-order valence-corrected chi connectivity index (χ2v) is 10.1. The average molecular weight is 536 g/mol. The molecule has 0 bridgehead atoms. The Labute approximate surface area is 171 Å². The van der Waals surface area contributed by atoms with Gasteiger partial charge < -0.3 is 15.8 Å². The molecule has 0 radical (unpaired) electrons. The van der Waals surface area contributed by atoms with E-state index in [-0.39, 0.29) is 19.1 Å². The molecular weight excluding hydrogens is 513 g/mol. The molecule has 0 aromatic heterocycles. The predicted molar refractivity (Wildman–Crippen MR) is 111 cm³/mol. The van der Waals surface area contributed by atoms with Gasteiger partial charge in [0.25, 0.3) is 0 Å². The third kappa shape index (κ3) is 21.8. The van der Waals surface area contributed by atoms with Crippen LogP contribution in [0.5, 0.6) is 0 Å². The van der Waals surface area contributed by atoms with Gasteiger partial charge in [0, 0.05) is 30.5 Å². The molecule has 0 heterocycles. The highest BCUT2D eigenvalue weighted by atomic mass is 127. The van der Waals surface area contributed by atoms with Crippen LogP contribution in [0.3, 0.4) is 0 Å². The van der Waals surface area contributed by atoms with Gasteiger partial charge in [-0.2, -0.15) is 8.42 Å². The Kier molecular flexibility index (Phi) is 15.6. The Morgan fingerprint density at radius 1 is 1.29 bits per heavy atom. The zero-order valence-electron chi connectivity index (χ0n) is 12.9. The normalized spacial score (nSPS) is 10.0. The molecule has 1 amide bonds. The third-order valence-electron chi connectivity index (χ3n) is 1.66. The number of nitrogens with two attached hydrogens (primary N) is 1. The molecule has 0 saturated carbocycles. The van der Waals surface area contributed by atoms with Gasteiger partial charge in [0.15, 0.2) is 0 Å². The van der Waals surface area contributed by atoms with Crippen molar-refractivity contribution in [3.05, 3.63) is 26.8 Å². The second-order valence-electron chi connectivity index (χ2n) is 4.88. The number of carbonyl (C=O) groups excluding carboxylic acids is 1. The number of hydrogen-bond donors (Lipinski definition) is 2. The van der Waals surface area contributed by atoms with Gasteiger partial charge in [-0.15, -0.1) is 0 Å². The van der Waals surface area contributed by atoms with Crippen molar-refractivity contribution in [3.8, 4) is 0 Å². The van der Waals surface area contributed by atoms with Crippen molar-refractivity contribution in [2.75, 3.05) is 12.8 Å². The monoisotopic (exact) mass is 534 g/mol. The standard InChI is InChI=1S/C6H5ClIN.C6H13NO2.CH4.Cl2O2S/c7-4-2-1-3-5(8)6(4)9;1-6(2,3)7-5(8)9-4;;1-5(2,3)4/h1-3H,9H2;1-4H3,(H,7,8);1H4;. The minimum atomic E-state index is -3.72. The first kappa shape index (κ1) is 28.6. The first-order valence-corrected chi connectivity index (χ1v) is 10.5. The van der Waals surface area contributed by atoms with E-state index in [1.807, 2.05) is 32.9 Å². The summed E-state index contributed by atoms with van der Waals surface area (Å²) in [7, 11) is 6.16. The number of nitrogens with one attached hydrogen (secondary N) is 1. The number of carbonyl (C=O) groups is 1. The number of anilines is 1. The zero-order valence-corrected chi connectivity index (χ0v) is 18.1. The Bertz CT molecular complexity index is 579. The number of methoxy groups -OCH3 is 1. The van der Waals surface area contributed by atoms with Crippen molar-refractivity contribution >= 4 is 75.6 Å². The molecule has 1 aromatic carbocycles. The van der Waals surface area contributed by atoms with Gasteiger partial charge in [-0.25, -0.2) is 4.79 Å². The van der Waals surface area contributed by atoms with Crippen LogP contribution in [0.25, 0.3) is 0 Å². The van der Waals surface area contributed by atoms with Crippen LogP contribution in [-0.2, 0) is 13.0 Å². The van der Waals surface area contributed by atoms with E-state index in [4.69, 9.17) is 25.8 Å². The predicted octanol–water partition coefficient (Wildman–Crippen LogP) is 5.01. The molecule has 0 saturated heterocycles. The highest BCUT2D eigenvalue weighted by molar-refractivity contribution is 14.1. The van der Waals surface area contributed by atoms with Gasteiger partial charge >= 0.3 is 14.4 Å². The van der Waals surface area contributed by atoms with E-state index < -0.39 is 8.26 Å². The molecule has 0 aliphatic heterocycles. The van der Waals surface area contributed by atoms with Crippen molar-refractivity contribution in [3.63, 3.8) is 0 Å². The van der Waals surface area contributed by atoms with Gasteiger partial charge in [-0.05, 0) is 55.5 Å². The number of para-hydroxylation sites is 1. The highest BCUT2D eigenvalue weighted by Crippen LogP contribution is 2.23. The number of amides is 1. The van der Waals surface area contributed by atoms with Crippen molar-refractivity contribution in [1.29, 1.82) is 0 Å². The van der Waals surface area contributed by atoms with Crippen LogP contribution in [-0.4, -0.2) is 27.2 Å². The summed E-state index contributed by atoms with van der Waals surface area (Å²) in [5, 5.41) is 3.23. The molecule has 1 rings (SSSR count). The van der Waals surface area contributed by atoms with Crippen LogP contribution in [0.1, 0.15) is 28.2 Å². The van der Waals surface area contributed by atoms with Crippen LogP contribution in [0, 0.1) is 3.57 Å². The fraction of sp³-hybridized carbons (Fsp3) is 0.462. The van der Waals surface area contributed by atoms with Gasteiger partial charge in [0.1, 0.15) is 0 Å². The highest BCUT2D eigenvalue weighted by Gasteiger charge is 2.12. The number of rotatable bonds is 0. The quantitative estimate of drug-likeness (QED) is 0.276. The Morgan fingerprint density at radius 3 is 1.92 bits per heavy atom. The maximum Gasteiger partial charge on any atom is 0.407 e. The van der Waals surface area contributed by atoms with Crippen molar-refractivity contribution < 1.29 is 17.9 Å². The molecular formula is C13H22Cl3IN2O4S. The van der Waals surface area contributed by atoms with Gasteiger partial charge in [0.2, 0.25) is 0 Å². The maximum atomic E-state index is 10.5. The van der Waals surface area contributed by atoms with E-state index in [1.165, 1.54) is 7.11 Å². The molecule has 0 spiro atoms. The van der Waals surface area contributed by atoms with E-state index in [0.29, 0.717) is 10.7 Å². The summed E-state index contributed by atoms with van der Waals surface area (Å²) in [6.45, 7) is 5.68. The average Bonchev–Trinajstić information content (AvgIpc) is 2.32. The lowest BCUT2D eigenvalue weighted by molar-refractivity contribution is 0.161. The van der Waals surface area contributed by atoms with Gasteiger partial charge in [-0.3, -0.25) is 0 Å². The van der Waals surface area contributed by atoms with E-state index in [0.717, 1.165) is 3.57 Å². The fourth-order valence-electron chi connectivity index (χ4n) is 0.868. The second kappa shape index (κ2) is 13.1. The Hall–Kier alpha value is -0.160. The van der Waals surface area contributed by atoms with Crippen LogP contribution in [0.4, 0.5) is 10.5 Å². The summed E-state index contributed by atoms with van der Waals surface area (Å²) in [6.07, 6.45) is -0.387. The zero-order chi connectivity index (χ0) is 18.8. The molecule has 1 aromatic rings. The minimum Gasteiger partial charge on any atom is -0.453 e. The molecule has 0 unspecified atom stereocenters. The lowest BCUT2D eigenvalue weighted by Gasteiger charge is -2.18. The molecule has 0 fully saturated rings. The Morgan fingerprint density at radius 2 is 1.71 bits per heavy atom. The topological polar surface area (TPSA) is 98.5 Å². The number of halogens is 4. The maximum absolute atomic E-state index is 10.5. The van der Waals surface area contributed by atoms with Crippen molar-refractivity contribution in [2.45, 2.75) is 33.7 Å². The Balaban J connectivity index is -0.000000282. The largest absolute Gasteiger partial charge is 0.453 e. The van der Waals surface area contributed by atoms with Crippen LogP contribution >= 0.6 is 55.6 Å². The minimum absolute atomic E-state index is 0. The summed E-state index contributed by atoms with van der Waals surface area (Å²) < 4.78 is 23.7. The smallest absolute Gasteiger partial charge is 0.407 e. The van der Waals surface area contributed by atoms with Gasteiger partial charge in [0.05, 0.1) is 17.8 Å². The van der Waals surface area contributed by atoms with Crippen LogP contribution < -0.4 is 11.1 Å². The lowest BCUT2D eigenvalue weighted by Crippen LogP contribution is -2.40. The van der Waals surface area contributed by atoms with E-state index in [9.17, 15) is 4.79 Å². The molecule has 24 heavy (non-hydrogen) atoms. The summed E-state index contributed by atoms with van der Waals surface area (Å²) in [5.74, 6) is 0. The lowest BCUT2D eigenvalue weighted by atomic mass is 10.1.